The summed E-state index contributed by atoms with van der Waals surface area (Å²) in [7, 11) is 1.76. The number of ether oxygens (including phenoxy) is 2. The molecular weight excluding hydrogens is 238 g/mol. The number of hydrogen-bond donors (Lipinski definition) is 1. The van der Waals surface area contributed by atoms with Crippen molar-refractivity contribution in [2.45, 2.75) is 45.4 Å². The fraction of sp³-hybridized carbons (Fsp3) is 0.625. The lowest BCUT2D eigenvalue weighted by atomic mass is 10.0. The Morgan fingerprint density at radius 3 is 2.37 bits per heavy atom. The van der Waals surface area contributed by atoms with Crippen molar-refractivity contribution in [1.82, 2.24) is 5.32 Å². The SMILES string of the molecule is CCCNC(COC(C)C)C(OC)c1ccccc1. The molecule has 19 heavy (non-hydrogen) atoms. The van der Waals surface area contributed by atoms with Crippen molar-refractivity contribution < 1.29 is 9.47 Å². The number of methoxy groups -OCH3 is 1. The zero-order valence-corrected chi connectivity index (χ0v) is 12.6. The molecule has 0 aromatic heterocycles. The van der Waals surface area contributed by atoms with Crippen LogP contribution < -0.4 is 5.32 Å². The molecule has 1 aromatic rings. The topological polar surface area (TPSA) is 30.5 Å². The number of benzene rings is 1. The molecule has 0 aliphatic heterocycles. The van der Waals surface area contributed by atoms with E-state index in [0.29, 0.717) is 6.61 Å². The zero-order chi connectivity index (χ0) is 14.1. The van der Waals surface area contributed by atoms with Gasteiger partial charge >= 0.3 is 0 Å². The molecule has 0 bridgehead atoms. The van der Waals surface area contributed by atoms with E-state index in [-0.39, 0.29) is 18.2 Å². The van der Waals surface area contributed by atoms with Gasteiger partial charge in [-0.2, -0.15) is 0 Å². The molecule has 2 unspecified atom stereocenters. The zero-order valence-electron chi connectivity index (χ0n) is 12.6. The molecule has 1 aromatic carbocycles. The first-order chi connectivity index (χ1) is 9.19. The van der Waals surface area contributed by atoms with E-state index in [1.54, 1.807) is 7.11 Å². The molecule has 0 saturated carbocycles. The van der Waals surface area contributed by atoms with Crippen LogP contribution in [0.25, 0.3) is 0 Å². The first-order valence-corrected chi connectivity index (χ1v) is 7.11. The van der Waals surface area contributed by atoms with Crippen LogP contribution in [0.2, 0.25) is 0 Å². The first kappa shape index (κ1) is 16.2. The van der Waals surface area contributed by atoms with E-state index < -0.39 is 0 Å². The van der Waals surface area contributed by atoms with E-state index in [9.17, 15) is 0 Å². The second-order valence-corrected chi connectivity index (χ2v) is 5.01. The van der Waals surface area contributed by atoms with Crippen LogP contribution in [0.5, 0.6) is 0 Å². The Kier molecular flexibility index (Phi) is 7.72. The van der Waals surface area contributed by atoms with Gasteiger partial charge in [0, 0.05) is 7.11 Å². The summed E-state index contributed by atoms with van der Waals surface area (Å²) < 4.78 is 11.4. The van der Waals surface area contributed by atoms with Crippen molar-refractivity contribution >= 4 is 0 Å². The fourth-order valence-corrected chi connectivity index (χ4v) is 2.05. The van der Waals surface area contributed by atoms with Gasteiger partial charge < -0.3 is 14.8 Å². The number of hydrogen-bond acceptors (Lipinski definition) is 3. The normalized spacial score (nSPS) is 14.6. The van der Waals surface area contributed by atoms with Crippen molar-refractivity contribution in [3.8, 4) is 0 Å². The van der Waals surface area contributed by atoms with Gasteiger partial charge in [0.2, 0.25) is 0 Å². The van der Waals surface area contributed by atoms with Crippen molar-refractivity contribution in [3.05, 3.63) is 35.9 Å². The second-order valence-electron chi connectivity index (χ2n) is 5.01. The van der Waals surface area contributed by atoms with Crippen LogP contribution in [0.1, 0.15) is 38.9 Å². The lowest BCUT2D eigenvalue weighted by molar-refractivity contribution is 0.000826. The molecule has 0 heterocycles. The van der Waals surface area contributed by atoms with E-state index in [2.05, 4.69) is 38.2 Å². The minimum absolute atomic E-state index is 0.0199. The van der Waals surface area contributed by atoms with Crippen LogP contribution in [0.15, 0.2) is 30.3 Å². The maximum atomic E-state index is 5.76. The standard InChI is InChI=1S/C16H27NO2/c1-5-11-17-15(12-19-13(2)3)16(18-4)14-9-7-6-8-10-14/h6-10,13,15-17H,5,11-12H2,1-4H3. The van der Waals surface area contributed by atoms with Crippen LogP contribution >= 0.6 is 0 Å². The Morgan fingerprint density at radius 1 is 1.16 bits per heavy atom. The molecule has 0 fully saturated rings. The largest absolute Gasteiger partial charge is 0.377 e. The van der Waals surface area contributed by atoms with Crippen molar-refractivity contribution in [2.24, 2.45) is 0 Å². The van der Waals surface area contributed by atoms with Gasteiger partial charge in [0.05, 0.1) is 24.9 Å². The molecule has 0 aliphatic rings. The summed E-state index contributed by atoms with van der Waals surface area (Å²) in [4.78, 5) is 0. The molecule has 2 atom stereocenters. The third-order valence-corrected chi connectivity index (χ3v) is 3.01. The van der Waals surface area contributed by atoms with Crippen molar-refractivity contribution in [3.63, 3.8) is 0 Å². The minimum atomic E-state index is 0.0199. The molecule has 1 rings (SSSR count). The van der Waals surface area contributed by atoms with Gasteiger partial charge in [-0.1, -0.05) is 37.3 Å². The number of rotatable bonds is 9. The highest BCUT2D eigenvalue weighted by Crippen LogP contribution is 2.21. The van der Waals surface area contributed by atoms with Crippen molar-refractivity contribution in [1.29, 1.82) is 0 Å². The van der Waals surface area contributed by atoms with Crippen molar-refractivity contribution in [2.75, 3.05) is 20.3 Å². The van der Waals surface area contributed by atoms with Gasteiger partial charge in [0.1, 0.15) is 0 Å². The molecule has 0 spiro atoms. The highest BCUT2D eigenvalue weighted by atomic mass is 16.5. The van der Waals surface area contributed by atoms with Crippen LogP contribution in [0.3, 0.4) is 0 Å². The lowest BCUT2D eigenvalue weighted by Gasteiger charge is -2.28. The predicted octanol–water partition coefficient (Wildman–Crippen LogP) is 3.17. The smallest absolute Gasteiger partial charge is 0.0996 e. The van der Waals surface area contributed by atoms with E-state index in [0.717, 1.165) is 13.0 Å². The average molecular weight is 265 g/mol. The summed E-state index contributed by atoms with van der Waals surface area (Å²) >= 11 is 0. The Hall–Kier alpha value is -0.900. The number of nitrogens with one attached hydrogen (secondary N) is 1. The molecule has 0 amide bonds. The third kappa shape index (κ3) is 5.72. The molecule has 3 nitrogen and oxygen atoms in total. The summed E-state index contributed by atoms with van der Waals surface area (Å²) in [6.45, 7) is 7.91. The molecule has 0 aliphatic carbocycles. The Balaban J connectivity index is 2.74. The van der Waals surface area contributed by atoms with Crippen LogP contribution in [-0.2, 0) is 9.47 Å². The quantitative estimate of drug-likeness (QED) is 0.744. The van der Waals surface area contributed by atoms with E-state index in [1.807, 2.05) is 18.2 Å². The summed E-state index contributed by atoms with van der Waals surface area (Å²) in [5, 5.41) is 3.52. The monoisotopic (exact) mass is 265 g/mol. The van der Waals surface area contributed by atoms with Gasteiger partial charge in [-0.05, 0) is 32.4 Å². The van der Waals surface area contributed by atoms with Gasteiger partial charge in [-0.25, -0.2) is 0 Å². The van der Waals surface area contributed by atoms with Crippen LogP contribution in [-0.4, -0.2) is 32.4 Å². The molecule has 108 valence electrons. The van der Waals surface area contributed by atoms with E-state index >= 15 is 0 Å². The second kappa shape index (κ2) is 9.08. The highest BCUT2D eigenvalue weighted by molar-refractivity contribution is 5.19. The maximum absolute atomic E-state index is 5.76. The van der Waals surface area contributed by atoms with Crippen LogP contribution in [0.4, 0.5) is 0 Å². The maximum Gasteiger partial charge on any atom is 0.0996 e. The van der Waals surface area contributed by atoms with Gasteiger partial charge in [-0.3, -0.25) is 0 Å². The molecule has 1 N–H and O–H groups in total. The Morgan fingerprint density at radius 2 is 1.84 bits per heavy atom. The molecule has 0 radical (unpaired) electrons. The lowest BCUT2D eigenvalue weighted by Crippen LogP contribution is -2.40. The third-order valence-electron chi connectivity index (χ3n) is 3.01. The highest BCUT2D eigenvalue weighted by Gasteiger charge is 2.22. The molecular formula is C16H27NO2. The van der Waals surface area contributed by atoms with E-state index in [4.69, 9.17) is 9.47 Å². The molecule has 0 saturated heterocycles. The fourth-order valence-electron chi connectivity index (χ4n) is 2.05. The summed E-state index contributed by atoms with van der Waals surface area (Å²) in [6.07, 6.45) is 1.36. The summed E-state index contributed by atoms with van der Waals surface area (Å²) in [5.41, 5.74) is 1.19. The van der Waals surface area contributed by atoms with Gasteiger partial charge in [-0.15, -0.1) is 0 Å². The molecule has 3 heteroatoms. The Labute approximate surface area is 117 Å². The van der Waals surface area contributed by atoms with E-state index in [1.165, 1.54) is 5.56 Å². The van der Waals surface area contributed by atoms with Gasteiger partial charge in [0.15, 0.2) is 0 Å². The predicted molar refractivity (Wildman–Crippen MR) is 79.4 cm³/mol. The van der Waals surface area contributed by atoms with Gasteiger partial charge in [0.25, 0.3) is 0 Å². The summed E-state index contributed by atoms with van der Waals surface area (Å²) in [6, 6.07) is 10.5. The first-order valence-electron chi connectivity index (χ1n) is 7.11. The van der Waals surface area contributed by atoms with Crippen LogP contribution in [0, 0.1) is 0 Å². The average Bonchev–Trinajstić information content (AvgIpc) is 2.43. The Bertz CT molecular complexity index is 327. The minimum Gasteiger partial charge on any atom is -0.377 e. The summed E-state index contributed by atoms with van der Waals surface area (Å²) in [5.74, 6) is 0.